The van der Waals surface area contributed by atoms with Gasteiger partial charge in [0.15, 0.2) is 0 Å². The van der Waals surface area contributed by atoms with E-state index in [2.05, 4.69) is 16.9 Å². The molecule has 0 saturated heterocycles. The molecule has 0 amide bonds. The molecule has 2 fully saturated rings. The summed E-state index contributed by atoms with van der Waals surface area (Å²) in [6.45, 7) is 0. The van der Waals surface area contributed by atoms with Crippen molar-refractivity contribution < 1.29 is 19.7 Å². The molecule has 4 nitrogen and oxygen atoms in total. The number of hydrogen-bond donors (Lipinski definition) is 2. The number of alkyl halides is 1. The molecule has 0 bridgehead atoms. The zero-order valence-electron chi connectivity index (χ0n) is 16.8. The van der Waals surface area contributed by atoms with Crippen molar-refractivity contribution in [2.24, 2.45) is 5.92 Å². The topological polar surface area (TPSA) is 66.8 Å². The highest BCUT2D eigenvalue weighted by atomic mass is 35.5. The molecule has 0 aliphatic heterocycles. The standard InChI is InChI=1S/C23H33ClO4/c1-28-21(26)8-5-3-2-4-7-18-19(24)15-20(25)22(18)16-9-11-17(12-10-16)23(27)13-6-14-23/h9-12,18-20,22,25,27H,2-8,13-15H2,1H3/t18-,19+,20+,22+/m0/s1. The van der Waals surface area contributed by atoms with Gasteiger partial charge in [-0.2, -0.15) is 0 Å². The molecule has 1 aromatic rings. The molecule has 0 heterocycles. The molecule has 0 spiro atoms. The van der Waals surface area contributed by atoms with Crippen LogP contribution in [0.2, 0.25) is 0 Å². The number of aliphatic hydroxyl groups excluding tert-OH is 1. The average molecular weight is 409 g/mol. The van der Waals surface area contributed by atoms with Crippen LogP contribution in [0, 0.1) is 5.92 Å². The van der Waals surface area contributed by atoms with Gasteiger partial charge < -0.3 is 14.9 Å². The highest BCUT2D eigenvalue weighted by Crippen LogP contribution is 2.46. The second kappa shape index (κ2) is 9.60. The summed E-state index contributed by atoms with van der Waals surface area (Å²) in [6, 6.07) is 8.18. The quantitative estimate of drug-likeness (QED) is 0.354. The molecule has 3 rings (SSSR count). The number of ether oxygens (including phenoxy) is 1. The predicted octanol–water partition coefficient (Wildman–Crippen LogP) is 4.64. The first kappa shape index (κ1) is 21.6. The van der Waals surface area contributed by atoms with Crippen molar-refractivity contribution in [1.82, 2.24) is 0 Å². The molecule has 0 unspecified atom stereocenters. The van der Waals surface area contributed by atoms with E-state index in [1.165, 1.54) is 7.11 Å². The van der Waals surface area contributed by atoms with Gasteiger partial charge in [0.1, 0.15) is 0 Å². The second-order valence-corrected chi connectivity index (χ2v) is 9.11. The normalized spacial score (nSPS) is 28.7. The number of hydrogen-bond acceptors (Lipinski definition) is 4. The van der Waals surface area contributed by atoms with Gasteiger partial charge in [0.25, 0.3) is 0 Å². The van der Waals surface area contributed by atoms with Gasteiger partial charge >= 0.3 is 5.97 Å². The van der Waals surface area contributed by atoms with Crippen LogP contribution in [0.25, 0.3) is 0 Å². The molecule has 1 aromatic carbocycles. The number of carbonyl (C=O) groups is 1. The fourth-order valence-electron chi connectivity index (χ4n) is 4.81. The summed E-state index contributed by atoms with van der Waals surface area (Å²) in [5.41, 5.74) is 1.46. The van der Waals surface area contributed by atoms with Crippen LogP contribution < -0.4 is 0 Å². The average Bonchev–Trinajstić information content (AvgIpc) is 2.95. The van der Waals surface area contributed by atoms with Crippen molar-refractivity contribution >= 4 is 17.6 Å². The van der Waals surface area contributed by atoms with Crippen molar-refractivity contribution in [3.63, 3.8) is 0 Å². The van der Waals surface area contributed by atoms with E-state index in [1.54, 1.807) is 0 Å². The summed E-state index contributed by atoms with van der Waals surface area (Å²) < 4.78 is 4.67. The van der Waals surface area contributed by atoms with Gasteiger partial charge in [-0.3, -0.25) is 4.79 Å². The molecular formula is C23H33ClO4. The van der Waals surface area contributed by atoms with E-state index in [4.69, 9.17) is 11.6 Å². The third-order valence-corrected chi connectivity index (χ3v) is 7.22. The molecule has 156 valence electrons. The lowest BCUT2D eigenvalue weighted by Crippen LogP contribution is -2.33. The number of benzene rings is 1. The molecule has 0 radical (unpaired) electrons. The molecule has 2 saturated carbocycles. The Morgan fingerprint density at radius 2 is 1.86 bits per heavy atom. The first-order valence-electron chi connectivity index (χ1n) is 10.7. The zero-order valence-corrected chi connectivity index (χ0v) is 17.5. The van der Waals surface area contributed by atoms with Gasteiger partial charge in [-0.15, -0.1) is 11.6 Å². The van der Waals surface area contributed by atoms with E-state index in [9.17, 15) is 15.0 Å². The van der Waals surface area contributed by atoms with E-state index in [0.717, 1.165) is 62.5 Å². The molecule has 2 aliphatic rings. The number of carbonyl (C=O) groups excluding carboxylic acids is 1. The molecule has 28 heavy (non-hydrogen) atoms. The van der Waals surface area contributed by atoms with E-state index in [-0.39, 0.29) is 23.2 Å². The highest BCUT2D eigenvalue weighted by molar-refractivity contribution is 6.21. The number of esters is 1. The zero-order chi connectivity index (χ0) is 20.1. The van der Waals surface area contributed by atoms with Crippen LogP contribution in [0.4, 0.5) is 0 Å². The maximum absolute atomic E-state index is 11.2. The molecule has 0 aromatic heterocycles. The second-order valence-electron chi connectivity index (χ2n) is 8.54. The summed E-state index contributed by atoms with van der Waals surface area (Å²) in [5.74, 6) is 0.173. The lowest BCUT2D eigenvalue weighted by atomic mass is 9.74. The lowest BCUT2D eigenvalue weighted by Gasteiger charge is -2.37. The highest BCUT2D eigenvalue weighted by Gasteiger charge is 2.42. The van der Waals surface area contributed by atoms with Gasteiger partial charge in [0, 0.05) is 17.7 Å². The van der Waals surface area contributed by atoms with Crippen molar-refractivity contribution in [3.05, 3.63) is 35.4 Å². The van der Waals surface area contributed by atoms with Crippen LogP contribution in [-0.2, 0) is 15.1 Å². The summed E-state index contributed by atoms with van der Waals surface area (Å²) >= 11 is 6.59. The van der Waals surface area contributed by atoms with E-state index in [1.807, 2.05) is 12.1 Å². The van der Waals surface area contributed by atoms with Crippen LogP contribution in [0.1, 0.15) is 81.3 Å². The fraction of sp³-hybridized carbons (Fsp3) is 0.696. The van der Waals surface area contributed by atoms with Gasteiger partial charge in [0.2, 0.25) is 0 Å². The van der Waals surface area contributed by atoms with Gasteiger partial charge in [0.05, 0.1) is 18.8 Å². The Labute approximate surface area is 173 Å². The molecule has 2 aliphatic carbocycles. The lowest BCUT2D eigenvalue weighted by molar-refractivity contribution is -0.140. The maximum atomic E-state index is 11.2. The minimum absolute atomic E-state index is 0.00874. The van der Waals surface area contributed by atoms with Crippen LogP contribution in [0.15, 0.2) is 24.3 Å². The van der Waals surface area contributed by atoms with E-state index in [0.29, 0.717) is 12.8 Å². The monoisotopic (exact) mass is 408 g/mol. The summed E-state index contributed by atoms with van der Waals surface area (Å²) in [5, 5.41) is 21.1. The Balaban J connectivity index is 1.54. The third kappa shape index (κ3) is 4.90. The number of aliphatic hydroxyl groups is 2. The van der Waals surface area contributed by atoms with Crippen molar-refractivity contribution in [1.29, 1.82) is 0 Å². The first-order chi connectivity index (χ1) is 13.4. The third-order valence-electron chi connectivity index (χ3n) is 6.72. The number of methoxy groups -OCH3 is 1. The summed E-state index contributed by atoms with van der Waals surface area (Å²) in [7, 11) is 1.42. The molecule has 5 heteroatoms. The largest absolute Gasteiger partial charge is 0.469 e. The van der Waals surface area contributed by atoms with Crippen molar-refractivity contribution in [2.75, 3.05) is 7.11 Å². The smallest absolute Gasteiger partial charge is 0.305 e. The summed E-state index contributed by atoms with van der Waals surface area (Å²) in [6.07, 6.45) is 8.42. The van der Waals surface area contributed by atoms with Gasteiger partial charge in [-0.1, -0.05) is 43.5 Å². The minimum Gasteiger partial charge on any atom is -0.469 e. The van der Waals surface area contributed by atoms with Crippen LogP contribution in [0.3, 0.4) is 0 Å². The summed E-state index contributed by atoms with van der Waals surface area (Å²) in [4.78, 5) is 11.2. The Hall–Kier alpha value is -1.10. The number of rotatable bonds is 9. The minimum atomic E-state index is -0.647. The molecule has 2 N–H and O–H groups in total. The Morgan fingerprint density at radius 1 is 1.18 bits per heavy atom. The van der Waals surface area contributed by atoms with Crippen molar-refractivity contribution in [2.45, 2.75) is 87.2 Å². The van der Waals surface area contributed by atoms with Crippen LogP contribution >= 0.6 is 11.6 Å². The first-order valence-corrected chi connectivity index (χ1v) is 11.1. The Morgan fingerprint density at radius 3 is 2.46 bits per heavy atom. The molecule has 4 atom stereocenters. The maximum Gasteiger partial charge on any atom is 0.305 e. The number of halogens is 1. The van der Waals surface area contributed by atoms with Crippen LogP contribution in [-0.4, -0.2) is 34.8 Å². The predicted molar refractivity (Wildman–Crippen MR) is 110 cm³/mol. The van der Waals surface area contributed by atoms with Crippen LogP contribution in [0.5, 0.6) is 0 Å². The van der Waals surface area contributed by atoms with Gasteiger partial charge in [-0.05, 0) is 55.6 Å². The Bertz CT molecular complexity index is 641. The fourth-order valence-corrected chi connectivity index (χ4v) is 5.28. The van der Waals surface area contributed by atoms with Gasteiger partial charge in [-0.25, -0.2) is 0 Å². The number of unbranched alkanes of at least 4 members (excludes halogenated alkanes) is 3. The Kier molecular flexibility index (Phi) is 7.41. The van der Waals surface area contributed by atoms with E-state index >= 15 is 0 Å². The van der Waals surface area contributed by atoms with Crippen molar-refractivity contribution in [3.8, 4) is 0 Å². The SMILES string of the molecule is COC(=O)CCCCCC[C@@H]1[C@@H](c2ccc(C3(O)CCC3)cc2)[C@H](O)C[C@H]1Cl. The molecular weight excluding hydrogens is 376 g/mol. The van der Waals surface area contributed by atoms with E-state index < -0.39 is 11.7 Å².